The van der Waals surface area contributed by atoms with E-state index in [1.54, 1.807) is 6.92 Å². The zero-order chi connectivity index (χ0) is 27.7. The van der Waals surface area contributed by atoms with Crippen LogP contribution in [0.15, 0.2) is 21.9 Å². The van der Waals surface area contributed by atoms with Crippen molar-refractivity contribution in [3.8, 4) is 11.8 Å². The number of rotatable bonds is 1. The zero-order valence-electron chi connectivity index (χ0n) is 17.0. The molecular weight excluding hydrogens is 537 g/mol. The fourth-order valence-corrected chi connectivity index (χ4v) is 2.11. The predicted octanol–water partition coefficient (Wildman–Crippen LogP) is -4.22. The summed E-state index contributed by atoms with van der Waals surface area (Å²) >= 11 is 0. The molecule has 0 radical (unpaired) electrons. The van der Waals surface area contributed by atoms with Gasteiger partial charge in [-0.25, -0.2) is 18.5 Å². The van der Waals surface area contributed by atoms with E-state index in [9.17, 15) is 19.8 Å². The van der Waals surface area contributed by atoms with Crippen molar-refractivity contribution in [2.45, 2.75) is 37.9 Å². The van der Waals surface area contributed by atoms with E-state index in [1.165, 1.54) is 13.1 Å². The van der Waals surface area contributed by atoms with Crippen molar-refractivity contribution in [2.75, 3.05) is 0 Å². The van der Waals surface area contributed by atoms with Crippen LogP contribution in [0.2, 0.25) is 0 Å². The van der Waals surface area contributed by atoms with Gasteiger partial charge in [0.05, 0.1) is 6.10 Å². The molecule has 2 heterocycles. The Balaban J connectivity index is 0. The molecule has 198 valence electrons. The van der Waals surface area contributed by atoms with E-state index in [1.807, 2.05) is 0 Å². The third-order valence-electron chi connectivity index (χ3n) is 3.04. The molecule has 1 saturated heterocycles. The lowest BCUT2D eigenvalue weighted by Gasteiger charge is -2.26. The van der Waals surface area contributed by atoms with Crippen molar-refractivity contribution in [1.29, 1.82) is 0 Å². The molecule has 0 aliphatic carbocycles. The Bertz CT molecular complexity index is 1030. The standard InChI is InChI=1S/C12H14N2O5.3H3O4P/c1-3-5-12(18)9(16)7(2)19-10(12)14-6-4-8(15)13-11(14)17;3*1-5(2,3)4/h4,6-7,9-10,16,18H,1-2H3,(H,13,15,17);3*(H3,1,2,3,4)/t7-,9-,10-,12-;;;/m1.../s1. The molecule has 0 saturated carbocycles. The van der Waals surface area contributed by atoms with Crippen molar-refractivity contribution in [1.82, 2.24) is 9.55 Å². The number of aromatic nitrogens is 2. The topological polar surface area (TPSA) is 338 Å². The second-order valence-electron chi connectivity index (χ2n) is 5.90. The third kappa shape index (κ3) is 17.0. The lowest BCUT2D eigenvalue weighted by Crippen LogP contribution is -2.47. The number of hydrogen-bond donors (Lipinski definition) is 12. The van der Waals surface area contributed by atoms with Gasteiger partial charge in [-0.05, 0) is 13.8 Å². The van der Waals surface area contributed by atoms with Crippen LogP contribution in [0.3, 0.4) is 0 Å². The molecule has 0 amide bonds. The normalized spacial score (nSPS) is 24.1. The fraction of sp³-hybridized carbons (Fsp3) is 0.500. The molecule has 0 unspecified atom stereocenters. The van der Waals surface area contributed by atoms with E-state index < -0.39 is 58.8 Å². The summed E-state index contributed by atoms with van der Waals surface area (Å²) in [7, 11) is -13.9. The first kappa shape index (κ1) is 34.6. The van der Waals surface area contributed by atoms with Gasteiger partial charge in [0.1, 0.15) is 6.10 Å². The third-order valence-corrected chi connectivity index (χ3v) is 3.04. The van der Waals surface area contributed by atoms with Crippen LogP contribution in [0, 0.1) is 11.8 Å². The van der Waals surface area contributed by atoms with E-state index in [-0.39, 0.29) is 0 Å². The summed E-state index contributed by atoms with van der Waals surface area (Å²) in [5, 5.41) is 20.4. The number of aliphatic hydroxyl groups excluding tert-OH is 1. The largest absolute Gasteiger partial charge is 0.466 e. The Kier molecular flexibility index (Phi) is 13.8. The Morgan fingerprint density at radius 1 is 0.971 bits per heavy atom. The van der Waals surface area contributed by atoms with Crippen LogP contribution in [0.4, 0.5) is 0 Å². The molecule has 19 nitrogen and oxygen atoms in total. The Hall–Kier alpha value is -1.55. The van der Waals surface area contributed by atoms with Crippen LogP contribution in [0.1, 0.15) is 20.1 Å². The van der Waals surface area contributed by atoms with E-state index in [4.69, 9.17) is 62.5 Å². The number of ether oxygens (including phenoxy) is 1. The highest BCUT2D eigenvalue weighted by molar-refractivity contribution is 7.45. The highest BCUT2D eigenvalue weighted by atomic mass is 31.2. The van der Waals surface area contributed by atoms with E-state index in [0.717, 1.165) is 10.6 Å². The monoisotopic (exact) mass is 560 g/mol. The average Bonchev–Trinajstić information content (AvgIpc) is 2.75. The molecule has 1 aromatic rings. The van der Waals surface area contributed by atoms with Crippen molar-refractivity contribution >= 4 is 23.5 Å². The molecular formula is C12H23N2O17P3. The fourth-order valence-electron chi connectivity index (χ4n) is 2.11. The number of hydrogen-bond acceptors (Lipinski definition) is 8. The maximum atomic E-state index is 11.7. The van der Waals surface area contributed by atoms with Crippen molar-refractivity contribution in [3.05, 3.63) is 33.1 Å². The average molecular weight is 560 g/mol. The molecule has 4 atom stereocenters. The maximum absolute atomic E-state index is 11.7. The van der Waals surface area contributed by atoms with Gasteiger partial charge in [0.25, 0.3) is 5.56 Å². The van der Waals surface area contributed by atoms with Gasteiger partial charge in [-0.15, -0.1) is 5.92 Å². The summed E-state index contributed by atoms with van der Waals surface area (Å²) in [6.45, 7) is 3.06. The van der Waals surface area contributed by atoms with E-state index in [2.05, 4.69) is 16.8 Å². The van der Waals surface area contributed by atoms with Crippen LogP contribution in [-0.2, 0) is 18.4 Å². The van der Waals surface area contributed by atoms with Gasteiger partial charge in [0.15, 0.2) is 11.8 Å². The molecule has 1 fully saturated rings. The summed E-state index contributed by atoms with van der Waals surface area (Å²) in [6, 6.07) is 1.12. The molecule has 1 aliphatic rings. The van der Waals surface area contributed by atoms with Gasteiger partial charge in [-0.2, -0.15) is 0 Å². The van der Waals surface area contributed by atoms with Crippen LogP contribution in [-0.4, -0.2) is 81.6 Å². The molecule has 34 heavy (non-hydrogen) atoms. The summed E-state index contributed by atoms with van der Waals surface area (Å²) in [6.07, 6.45) is -1.95. The van der Waals surface area contributed by atoms with Crippen LogP contribution in [0.25, 0.3) is 0 Å². The Labute approximate surface area is 189 Å². The number of nitrogens with one attached hydrogen (secondary N) is 1. The van der Waals surface area contributed by atoms with Gasteiger partial charge < -0.3 is 59.0 Å². The van der Waals surface area contributed by atoms with Crippen molar-refractivity contribution in [2.24, 2.45) is 0 Å². The first-order valence-electron chi connectivity index (χ1n) is 8.06. The first-order valence-corrected chi connectivity index (χ1v) is 12.8. The Morgan fingerprint density at radius 2 is 1.35 bits per heavy atom. The summed E-state index contributed by atoms with van der Waals surface area (Å²) in [5.41, 5.74) is -3.20. The quantitative estimate of drug-likeness (QED) is 0.114. The maximum Gasteiger partial charge on any atom is 0.466 e. The zero-order valence-corrected chi connectivity index (χ0v) is 19.7. The van der Waals surface area contributed by atoms with Gasteiger partial charge in [-0.3, -0.25) is 14.3 Å². The summed E-state index contributed by atoms with van der Waals surface area (Å²) in [5.74, 6) is 4.97. The van der Waals surface area contributed by atoms with Gasteiger partial charge >= 0.3 is 29.2 Å². The molecule has 1 aromatic heterocycles. The lowest BCUT2D eigenvalue weighted by molar-refractivity contribution is -0.0715. The summed E-state index contributed by atoms with van der Waals surface area (Å²) in [4.78, 5) is 89.5. The minimum atomic E-state index is -4.64. The molecule has 12 N–H and O–H groups in total. The molecule has 0 bridgehead atoms. The minimum Gasteiger partial charge on any atom is -0.386 e. The summed E-state index contributed by atoms with van der Waals surface area (Å²) < 4.78 is 33.0. The molecule has 1 aliphatic heterocycles. The second-order valence-corrected chi connectivity index (χ2v) is 8.98. The number of aliphatic hydroxyl groups is 2. The highest BCUT2D eigenvalue weighted by Gasteiger charge is 2.54. The van der Waals surface area contributed by atoms with E-state index in [0.29, 0.717) is 0 Å². The number of H-pyrrole nitrogens is 1. The number of aromatic amines is 1. The van der Waals surface area contributed by atoms with Crippen LogP contribution >= 0.6 is 23.5 Å². The van der Waals surface area contributed by atoms with Gasteiger partial charge in [0.2, 0.25) is 0 Å². The lowest BCUT2D eigenvalue weighted by atomic mass is 9.95. The van der Waals surface area contributed by atoms with Gasteiger partial charge in [0, 0.05) is 12.3 Å². The van der Waals surface area contributed by atoms with Crippen molar-refractivity contribution in [3.63, 3.8) is 0 Å². The highest BCUT2D eigenvalue weighted by Crippen LogP contribution is 2.37. The molecule has 0 spiro atoms. The second kappa shape index (κ2) is 13.5. The SMILES string of the molecule is CC#C[C@@]1(O)[C@H](O)[C@@H](C)O[C@H]1n1ccc(=O)[nH]c1=O.O=P(O)(O)O.O=P(O)(O)O.O=P(O)(O)O. The molecule has 22 heteroatoms. The number of phosphoric acid groups is 3. The van der Waals surface area contributed by atoms with Crippen LogP contribution < -0.4 is 11.2 Å². The number of nitrogens with zero attached hydrogens (tertiary/aromatic N) is 1. The van der Waals surface area contributed by atoms with Gasteiger partial charge in [-0.1, -0.05) is 5.92 Å². The molecule has 2 rings (SSSR count). The van der Waals surface area contributed by atoms with E-state index >= 15 is 0 Å². The first-order chi connectivity index (χ1) is 14.9. The van der Waals surface area contributed by atoms with Crippen molar-refractivity contribution < 1.29 is 72.7 Å². The van der Waals surface area contributed by atoms with Crippen LogP contribution in [0.5, 0.6) is 0 Å². The predicted molar refractivity (Wildman–Crippen MR) is 108 cm³/mol. The molecule has 0 aromatic carbocycles. The minimum absolute atomic E-state index is 0.557. The Morgan fingerprint density at radius 3 is 1.68 bits per heavy atom. The smallest absolute Gasteiger partial charge is 0.386 e.